The molecule has 2 heteroatoms. The van der Waals surface area contributed by atoms with Crippen molar-refractivity contribution in [1.82, 2.24) is 0 Å². The molecule has 0 aliphatic rings. The maximum absolute atomic E-state index is 5.81. The van der Waals surface area contributed by atoms with Gasteiger partial charge in [-0.15, -0.1) is 0 Å². The number of nitrogens with one attached hydrogen (secondary N) is 1. The van der Waals surface area contributed by atoms with Crippen LogP contribution in [-0.2, 0) is 6.54 Å². The van der Waals surface area contributed by atoms with Gasteiger partial charge in [-0.1, -0.05) is 62.6 Å². The quantitative estimate of drug-likeness (QED) is 0.634. The van der Waals surface area contributed by atoms with Gasteiger partial charge >= 0.3 is 0 Å². The lowest BCUT2D eigenvalue weighted by atomic mass is 10.2. The number of unbranched alkanes of at least 4 members (excludes halogenated alkanes) is 3. The Kier molecular flexibility index (Phi) is 6.66. The second kappa shape index (κ2) is 9.06. The van der Waals surface area contributed by atoms with Crippen molar-refractivity contribution in [3.63, 3.8) is 0 Å². The van der Waals surface area contributed by atoms with E-state index in [2.05, 4.69) is 48.6 Å². The molecule has 21 heavy (non-hydrogen) atoms. The Hall–Kier alpha value is -1.96. The molecule has 2 aromatic carbocycles. The van der Waals surface area contributed by atoms with Gasteiger partial charge in [0.2, 0.25) is 0 Å². The summed E-state index contributed by atoms with van der Waals surface area (Å²) in [5, 5.41) is 3.43. The molecule has 0 unspecified atom stereocenters. The maximum atomic E-state index is 5.81. The van der Waals surface area contributed by atoms with Crippen molar-refractivity contribution in [1.29, 1.82) is 0 Å². The van der Waals surface area contributed by atoms with Crippen LogP contribution in [0.4, 0.5) is 5.69 Å². The highest BCUT2D eigenvalue weighted by Gasteiger charge is 1.98. The summed E-state index contributed by atoms with van der Waals surface area (Å²) in [6, 6.07) is 18.6. The lowest BCUT2D eigenvalue weighted by Gasteiger charge is -2.10. The molecule has 0 aliphatic heterocycles. The molecule has 0 amide bonds. The van der Waals surface area contributed by atoms with E-state index in [0.717, 1.165) is 31.0 Å². The van der Waals surface area contributed by atoms with E-state index in [4.69, 9.17) is 4.74 Å². The fourth-order valence-corrected chi connectivity index (χ4v) is 2.21. The van der Waals surface area contributed by atoms with Crippen molar-refractivity contribution in [3.05, 3.63) is 60.2 Å². The molecule has 0 bridgehead atoms. The van der Waals surface area contributed by atoms with Crippen molar-refractivity contribution in [2.45, 2.75) is 39.2 Å². The van der Waals surface area contributed by atoms with E-state index < -0.39 is 0 Å². The Bertz CT molecular complexity index is 510. The fraction of sp³-hybridized carbons (Fsp3) is 0.368. The Morgan fingerprint density at radius 3 is 2.57 bits per heavy atom. The predicted molar refractivity (Wildman–Crippen MR) is 89.8 cm³/mol. The van der Waals surface area contributed by atoms with Crippen molar-refractivity contribution in [2.75, 3.05) is 11.9 Å². The van der Waals surface area contributed by atoms with Crippen LogP contribution in [0.3, 0.4) is 0 Å². The van der Waals surface area contributed by atoms with Gasteiger partial charge in [0.1, 0.15) is 5.75 Å². The molecule has 2 rings (SSSR count). The molecule has 0 aromatic heterocycles. The lowest BCUT2D eigenvalue weighted by molar-refractivity contribution is 0.305. The number of hydrogen-bond acceptors (Lipinski definition) is 2. The minimum absolute atomic E-state index is 0.808. The minimum Gasteiger partial charge on any atom is -0.494 e. The molecular formula is C19H25NO. The SMILES string of the molecule is CCCCCCOc1cccc(NCc2ccccc2)c1. The van der Waals surface area contributed by atoms with Crippen LogP contribution in [0.1, 0.15) is 38.2 Å². The Balaban J connectivity index is 1.77. The second-order valence-corrected chi connectivity index (χ2v) is 5.28. The molecule has 0 fully saturated rings. The van der Waals surface area contributed by atoms with Gasteiger partial charge in [-0.2, -0.15) is 0 Å². The monoisotopic (exact) mass is 283 g/mol. The van der Waals surface area contributed by atoms with Gasteiger partial charge in [0.25, 0.3) is 0 Å². The summed E-state index contributed by atoms with van der Waals surface area (Å²) < 4.78 is 5.81. The van der Waals surface area contributed by atoms with Gasteiger partial charge in [0.15, 0.2) is 0 Å². The molecular weight excluding hydrogens is 258 g/mol. The van der Waals surface area contributed by atoms with Gasteiger partial charge in [0, 0.05) is 18.3 Å². The molecule has 0 spiro atoms. The third-order valence-electron chi connectivity index (χ3n) is 3.44. The Morgan fingerprint density at radius 2 is 1.76 bits per heavy atom. The van der Waals surface area contributed by atoms with Gasteiger partial charge in [-0.3, -0.25) is 0 Å². The predicted octanol–water partition coefficient (Wildman–Crippen LogP) is 5.26. The van der Waals surface area contributed by atoms with Crippen LogP contribution in [0.2, 0.25) is 0 Å². The molecule has 0 aliphatic carbocycles. The molecule has 0 saturated heterocycles. The first-order valence-electron chi connectivity index (χ1n) is 7.89. The number of ether oxygens (including phenoxy) is 1. The summed E-state index contributed by atoms with van der Waals surface area (Å²) >= 11 is 0. The molecule has 0 atom stereocenters. The van der Waals surface area contributed by atoms with Crippen LogP contribution in [0.25, 0.3) is 0 Å². The molecule has 0 radical (unpaired) electrons. The van der Waals surface area contributed by atoms with Crippen molar-refractivity contribution >= 4 is 5.69 Å². The minimum atomic E-state index is 0.808. The van der Waals surface area contributed by atoms with Crippen LogP contribution in [-0.4, -0.2) is 6.61 Å². The van der Waals surface area contributed by atoms with E-state index in [1.54, 1.807) is 0 Å². The highest BCUT2D eigenvalue weighted by molar-refractivity contribution is 5.48. The average Bonchev–Trinajstić information content (AvgIpc) is 2.54. The highest BCUT2D eigenvalue weighted by Crippen LogP contribution is 2.18. The number of anilines is 1. The zero-order valence-corrected chi connectivity index (χ0v) is 12.8. The van der Waals surface area contributed by atoms with E-state index in [1.807, 2.05) is 18.2 Å². The van der Waals surface area contributed by atoms with Crippen molar-refractivity contribution < 1.29 is 4.74 Å². The smallest absolute Gasteiger partial charge is 0.121 e. The largest absolute Gasteiger partial charge is 0.494 e. The fourth-order valence-electron chi connectivity index (χ4n) is 2.21. The lowest BCUT2D eigenvalue weighted by Crippen LogP contribution is -2.01. The Morgan fingerprint density at radius 1 is 0.905 bits per heavy atom. The zero-order valence-electron chi connectivity index (χ0n) is 12.8. The van der Waals surface area contributed by atoms with E-state index in [1.165, 1.54) is 24.8 Å². The average molecular weight is 283 g/mol. The first kappa shape index (κ1) is 15.4. The maximum Gasteiger partial charge on any atom is 0.121 e. The van der Waals surface area contributed by atoms with Gasteiger partial charge in [0.05, 0.1) is 6.61 Å². The number of benzene rings is 2. The molecule has 0 saturated carbocycles. The third-order valence-corrected chi connectivity index (χ3v) is 3.44. The molecule has 1 N–H and O–H groups in total. The van der Waals surface area contributed by atoms with Crippen molar-refractivity contribution in [2.24, 2.45) is 0 Å². The molecule has 0 heterocycles. The molecule has 112 valence electrons. The summed E-state index contributed by atoms with van der Waals surface area (Å²) in [6.45, 7) is 3.87. The van der Waals surface area contributed by atoms with Crippen LogP contribution in [0.15, 0.2) is 54.6 Å². The Labute approximate surface area is 128 Å². The zero-order chi connectivity index (χ0) is 14.8. The summed E-state index contributed by atoms with van der Waals surface area (Å²) in [7, 11) is 0. The summed E-state index contributed by atoms with van der Waals surface area (Å²) in [4.78, 5) is 0. The normalized spacial score (nSPS) is 10.3. The highest BCUT2D eigenvalue weighted by atomic mass is 16.5. The second-order valence-electron chi connectivity index (χ2n) is 5.28. The van der Waals surface area contributed by atoms with E-state index >= 15 is 0 Å². The van der Waals surface area contributed by atoms with E-state index in [-0.39, 0.29) is 0 Å². The van der Waals surface area contributed by atoms with Gasteiger partial charge < -0.3 is 10.1 Å². The van der Waals surface area contributed by atoms with E-state index in [0.29, 0.717) is 0 Å². The topological polar surface area (TPSA) is 21.3 Å². The van der Waals surface area contributed by atoms with E-state index in [9.17, 15) is 0 Å². The van der Waals surface area contributed by atoms with Gasteiger partial charge in [-0.05, 0) is 24.1 Å². The van der Waals surface area contributed by atoms with Crippen LogP contribution in [0.5, 0.6) is 5.75 Å². The van der Waals surface area contributed by atoms with Crippen molar-refractivity contribution in [3.8, 4) is 5.75 Å². The summed E-state index contributed by atoms with van der Waals surface area (Å²) in [6.07, 6.45) is 4.94. The summed E-state index contributed by atoms with van der Waals surface area (Å²) in [5.74, 6) is 0.949. The number of rotatable bonds is 9. The molecule has 2 nitrogen and oxygen atoms in total. The van der Waals surface area contributed by atoms with Crippen LogP contribution < -0.4 is 10.1 Å². The van der Waals surface area contributed by atoms with Gasteiger partial charge in [-0.25, -0.2) is 0 Å². The first-order chi connectivity index (χ1) is 10.4. The summed E-state index contributed by atoms with van der Waals surface area (Å²) in [5.41, 5.74) is 2.38. The third kappa shape index (κ3) is 5.90. The number of hydrogen-bond donors (Lipinski definition) is 1. The van der Waals surface area contributed by atoms with Crippen LogP contribution in [0, 0.1) is 0 Å². The van der Waals surface area contributed by atoms with Crippen LogP contribution >= 0.6 is 0 Å². The standard InChI is InChI=1S/C19H25NO/c1-2-3-4-8-14-21-19-13-9-12-18(15-19)20-16-17-10-6-5-7-11-17/h5-7,9-13,15,20H,2-4,8,14,16H2,1H3. The first-order valence-corrected chi connectivity index (χ1v) is 7.89. The molecule has 2 aromatic rings.